The largest absolute Gasteiger partial charge is 0.480 e. The van der Waals surface area contributed by atoms with E-state index in [1.165, 1.54) is 15.8 Å². The van der Waals surface area contributed by atoms with Crippen LogP contribution >= 0.6 is 11.6 Å². The Bertz CT molecular complexity index is 686. The van der Waals surface area contributed by atoms with Crippen molar-refractivity contribution in [2.24, 2.45) is 0 Å². The molecule has 7 nitrogen and oxygen atoms in total. The van der Waals surface area contributed by atoms with Gasteiger partial charge in [0.15, 0.2) is 5.69 Å². The van der Waals surface area contributed by atoms with Crippen molar-refractivity contribution in [1.82, 2.24) is 19.9 Å². The van der Waals surface area contributed by atoms with Gasteiger partial charge < -0.3 is 10.0 Å². The quantitative estimate of drug-likeness (QED) is 0.877. The molecule has 2 aromatic rings. The summed E-state index contributed by atoms with van der Waals surface area (Å²) < 4.78 is 1.39. The number of hydrogen-bond donors (Lipinski definition) is 1. The van der Waals surface area contributed by atoms with E-state index in [-0.39, 0.29) is 12.2 Å². The monoisotopic (exact) mass is 322 g/mol. The standard InChI is InChI=1S/C14H15ClN4O3/c1-2-7-18(9-13(20)21)14(22)11-8-19(17-16-11)12-6-4-3-5-10(12)15/h3-6,8H,2,7,9H2,1H3,(H,20,21). The molecule has 1 amide bonds. The van der Waals surface area contributed by atoms with Gasteiger partial charge in [0.25, 0.3) is 5.91 Å². The van der Waals surface area contributed by atoms with Crippen LogP contribution in [-0.2, 0) is 4.79 Å². The van der Waals surface area contributed by atoms with Gasteiger partial charge >= 0.3 is 5.97 Å². The fourth-order valence-electron chi connectivity index (χ4n) is 1.96. The van der Waals surface area contributed by atoms with Crippen LogP contribution in [0.4, 0.5) is 0 Å². The van der Waals surface area contributed by atoms with E-state index in [0.29, 0.717) is 23.7 Å². The summed E-state index contributed by atoms with van der Waals surface area (Å²) in [7, 11) is 0. The number of carboxylic acid groups (broad SMARTS) is 1. The summed E-state index contributed by atoms with van der Waals surface area (Å²) >= 11 is 6.07. The molecule has 0 saturated heterocycles. The summed E-state index contributed by atoms with van der Waals surface area (Å²) in [5, 5.41) is 17.0. The Labute approximate surface area is 132 Å². The van der Waals surface area contributed by atoms with Crippen LogP contribution in [0.3, 0.4) is 0 Å². The molecule has 0 fully saturated rings. The molecule has 1 aromatic heterocycles. The van der Waals surface area contributed by atoms with Crippen LogP contribution < -0.4 is 0 Å². The molecule has 0 spiro atoms. The molecule has 0 radical (unpaired) electrons. The predicted octanol–water partition coefficient (Wildman–Crippen LogP) is 1.86. The molecule has 2 rings (SSSR count). The van der Waals surface area contributed by atoms with Crippen molar-refractivity contribution in [2.45, 2.75) is 13.3 Å². The highest BCUT2D eigenvalue weighted by atomic mass is 35.5. The first kappa shape index (κ1) is 16.0. The molecule has 116 valence electrons. The number of nitrogens with zero attached hydrogens (tertiary/aromatic N) is 4. The van der Waals surface area contributed by atoms with Gasteiger partial charge in [-0.25, -0.2) is 4.68 Å². The van der Waals surface area contributed by atoms with Crippen molar-refractivity contribution >= 4 is 23.5 Å². The number of rotatable bonds is 6. The Balaban J connectivity index is 2.24. The number of benzene rings is 1. The van der Waals surface area contributed by atoms with E-state index in [1.807, 2.05) is 6.92 Å². The topological polar surface area (TPSA) is 88.3 Å². The van der Waals surface area contributed by atoms with Crippen LogP contribution in [0.15, 0.2) is 30.5 Å². The average molecular weight is 323 g/mol. The molecule has 1 aromatic carbocycles. The minimum atomic E-state index is -1.07. The molecule has 0 bridgehead atoms. The average Bonchev–Trinajstić information content (AvgIpc) is 2.95. The molecule has 0 aliphatic rings. The van der Waals surface area contributed by atoms with E-state index >= 15 is 0 Å². The van der Waals surface area contributed by atoms with Crippen LogP contribution in [0.5, 0.6) is 0 Å². The van der Waals surface area contributed by atoms with Gasteiger partial charge in [-0.1, -0.05) is 35.9 Å². The van der Waals surface area contributed by atoms with Gasteiger partial charge in [-0.3, -0.25) is 9.59 Å². The van der Waals surface area contributed by atoms with Crippen molar-refractivity contribution in [3.05, 3.63) is 41.2 Å². The second-order valence-corrected chi connectivity index (χ2v) is 5.03. The van der Waals surface area contributed by atoms with Crippen molar-refractivity contribution in [3.63, 3.8) is 0 Å². The predicted molar refractivity (Wildman–Crippen MR) is 80.2 cm³/mol. The van der Waals surface area contributed by atoms with Gasteiger partial charge in [0.1, 0.15) is 6.54 Å². The highest BCUT2D eigenvalue weighted by Crippen LogP contribution is 2.19. The second kappa shape index (κ2) is 7.04. The molecule has 0 aliphatic heterocycles. The molecule has 1 N–H and O–H groups in total. The fourth-order valence-corrected chi connectivity index (χ4v) is 2.19. The minimum Gasteiger partial charge on any atom is -0.480 e. The molecule has 0 unspecified atom stereocenters. The molecular weight excluding hydrogens is 308 g/mol. The number of halogens is 1. The number of carboxylic acids is 1. The first-order valence-electron chi connectivity index (χ1n) is 6.71. The number of carbonyl (C=O) groups is 2. The van der Waals surface area contributed by atoms with Crippen LogP contribution in [0.2, 0.25) is 5.02 Å². The fraction of sp³-hybridized carbons (Fsp3) is 0.286. The molecule has 22 heavy (non-hydrogen) atoms. The highest BCUT2D eigenvalue weighted by Gasteiger charge is 2.21. The van der Waals surface area contributed by atoms with E-state index in [1.54, 1.807) is 24.3 Å². The molecular formula is C14H15ClN4O3. The van der Waals surface area contributed by atoms with Crippen LogP contribution in [0.1, 0.15) is 23.8 Å². The summed E-state index contributed by atoms with van der Waals surface area (Å²) in [6.45, 7) is 1.83. The number of aromatic nitrogens is 3. The SMILES string of the molecule is CCCN(CC(=O)O)C(=O)c1cn(-c2ccccc2Cl)nn1. The van der Waals surface area contributed by atoms with E-state index in [0.717, 1.165) is 0 Å². The number of hydrogen-bond acceptors (Lipinski definition) is 4. The van der Waals surface area contributed by atoms with Gasteiger partial charge in [0, 0.05) is 6.54 Å². The third kappa shape index (κ3) is 3.62. The van der Waals surface area contributed by atoms with Crippen molar-refractivity contribution < 1.29 is 14.7 Å². The lowest BCUT2D eigenvalue weighted by Crippen LogP contribution is -2.36. The first-order chi connectivity index (χ1) is 10.5. The van der Waals surface area contributed by atoms with Crippen LogP contribution in [0, 0.1) is 0 Å². The van der Waals surface area contributed by atoms with Gasteiger partial charge in [-0.15, -0.1) is 5.10 Å². The van der Waals surface area contributed by atoms with Crippen LogP contribution in [0.25, 0.3) is 5.69 Å². The van der Waals surface area contributed by atoms with Gasteiger partial charge in [0.05, 0.1) is 16.9 Å². The van der Waals surface area contributed by atoms with E-state index < -0.39 is 11.9 Å². The normalized spacial score (nSPS) is 10.5. The zero-order valence-electron chi connectivity index (χ0n) is 11.9. The Morgan fingerprint density at radius 2 is 2.09 bits per heavy atom. The molecule has 8 heteroatoms. The Kier molecular flexibility index (Phi) is 5.11. The van der Waals surface area contributed by atoms with Crippen LogP contribution in [-0.4, -0.2) is 50.0 Å². The summed E-state index contributed by atoms with van der Waals surface area (Å²) in [4.78, 5) is 24.4. The smallest absolute Gasteiger partial charge is 0.323 e. The number of amides is 1. The lowest BCUT2D eigenvalue weighted by atomic mass is 10.3. The molecule has 0 atom stereocenters. The molecule has 1 heterocycles. The summed E-state index contributed by atoms with van der Waals surface area (Å²) in [5.74, 6) is -1.54. The van der Waals surface area contributed by atoms with Gasteiger partial charge in [-0.05, 0) is 18.6 Å². The van der Waals surface area contributed by atoms with Gasteiger partial charge in [-0.2, -0.15) is 0 Å². The third-order valence-electron chi connectivity index (χ3n) is 2.92. The minimum absolute atomic E-state index is 0.0784. The Hall–Kier alpha value is -2.41. The van der Waals surface area contributed by atoms with Crippen molar-refractivity contribution in [3.8, 4) is 5.69 Å². The van der Waals surface area contributed by atoms with Gasteiger partial charge in [0.2, 0.25) is 0 Å². The maximum absolute atomic E-state index is 12.3. The summed E-state index contributed by atoms with van der Waals surface area (Å²) in [6, 6.07) is 7.02. The Morgan fingerprint density at radius 3 is 2.73 bits per heavy atom. The summed E-state index contributed by atoms with van der Waals surface area (Å²) in [6.07, 6.45) is 2.09. The van der Waals surface area contributed by atoms with E-state index in [2.05, 4.69) is 10.3 Å². The van der Waals surface area contributed by atoms with Crippen molar-refractivity contribution in [2.75, 3.05) is 13.1 Å². The zero-order chi connectivity index (χ0) is 16.1. The van der Waals surface area contributed by atoms with E-state index in [9.17, 15) is 9.59 Å². The number of aliphatic carboxylic acids is 1. The number of carbonyl (C=O) groups excluding carboxylic acids is 1. The maximum Gasteiger partial charge on any atom is 0.323 e. The zero-order valence-corrected chi connectivity index (χ0v) is 12.7. The molecule has 0 aliphatic carbocycles. The number of para-hydroxylation sites is 1. The second-order valence-electron chi connectivity index (χ2n) is 4.62. The highest BCUT2D eigenvalue weighted by molar-refractivity contribution is 6.32. The lowest BCUT2D eigenvalue weighted by Gasteiger charge is -2.18. The Morgan fingerprint density at radius 1 is 1.36 bits per heavy atom. The third-order valence-corrected chi connectivity index (χ3v) is 3.24. The lowest BCUT2D eigenvalue weighted by molar-refractivity contribution is -0.137. The first-order valence-corrected chi connectivity index (χ1v) is 7.09. The maximum atomic E-state index is 12.3. The van der Waals surface area contributed by atoms with Crippen molar-refractivity contribution in [1.29, 1.82) is 0 Å². The molecule has 0 saturated carbocycles. The summed E-state index contributed by atoms with van der Waals surface area (Å²) in [5.41, 5.74) is 0.672. The van der Waals surface area contributed by atoms with E-state index in [4.69, 9.17) is 16.7 Å².